The fourth-order valence-electron chi connectivity index (χ4n) is 4.98. The van der Waals surface area contributed by atoms with Gasteiger partial charge in [0.2, 0.25) is 0 Å². The molecule has 0 N–H and O–H groups in total. The van der Waals surface area contributed by atoms with Crippen LogP contribution in [0.1, 0.15) is 18.9 Å². The molecule has 7 heteroatoms. The summed E-state index contributed by atoms with van der Waals surface area (Å²) in [6.07, 6.45) is 4.30. The van der Waals surface area contributed by atoms with Gasteiger partial charge in [0, 0.05) is 74.5 Å². The number of benzene rings is 2. The number of rotatable bonds is 5. The normalized spacial score (nSPS) is 18.3. The van der Waals surface area contributed by atoms with Gasteiger partial charge in [-0.05, 0) is 42.7 Å². The van der Waals surface area contributed by atoms with E-state index >= 15 is 0 Å². The highest BCUT2D eigenvalue weighted by Crippen LogP contribution is 2.36. The monoisotopic (exact) mass is 454 g/mol. The van der Waals surface area contributed by atoms with Crippen LogP contribution in [0, 0.1) is 5.82 Å². The fourth-order valence-corrected chi connectivity index (χ4v) is 5.15. The molecule has 2 aromatic carbocycles. The van der Waals surface area contributed by atoms with Crippen LogP contribution in [-0.4, -0.2) is 71.6 Å². The number of urea groups is 1. The first-order valence-corrected chi connectivity index (χ1v) is 11.7. The van der Waals surface area contributed by atoms with Crippen molar-refractivity contribution in [3.8, 4) is 11.1 Å². The van der Waals surface area contributed by atoms with Gasteiger partial charge in [-0.1, -0.05) is 29.8 Å². The molecule has 2 aliphatic heterocycles. The molecule has 32 heavy (non-hydrogen) atoms. The van der Waals surface area contributed by atoms with Crippen LogP contribution in [0.15, 0.2) is 48.7 Å². The van der Waals surface area contributed by atoms with E-state index in [2.05, 4.69) is 21.7 Å². The van der Waals surface area contributed by atoms with Gasteiger partial charge in [-0.15, -0.1) is 0 Å². The Labute approximate surface area is 193 Å². The molecule has 2 aliphatic rings. The summed E-state index contributed by atoms with van der Waals surface area (Å²) in [5, 5.41) is 1.86. The third-order valence-corrected chi connectivity index (χ3v) is 7.13. The summed E-state index contributed by atoms with van der Waals surface area (Å²) in [5.41, 5.74) is 3.24. The highest BCUT2D eigenvalue weighted by Gasteiger charge is 2.27. The third kappa shape index (κ3) is 4.09. The molecule has 1 aromatic heterocycles. The first-order chi connectivity index (χ1) is 15.5. The van der Waals surface area contributed by atoms with Crippen molar-refractivity contribution < 1.29 is 9.18 Å². The Hall–Kier alpha value is -2.57. The summed E-state index contributed by atoms with van der Waals surface area (Å²) in [6.45, 7) is 5.38. The predicted molar refractivity (Wildman–Crippen MR) is 127 cm³/mol. The largest absolute Gasteiger partial charge is 0.344 e. The Kier molecular flexibility index (Phi) is 5.82. The number of halogens is 2. The number of carbonyl (C=O) groups excluding carboxylic acids is 1. The Morgan fingerprint density at radius 1 is 1.00 bits per heavy atom. The van der Waals surface area contributed by atoms with Crippen molar-refractivity contribution in [1.82, 2.24) is 19.3 Å². The van der Waals surface area contributed by atoms with Gasteiger partial charge < -0.3 is 19.3 Å². The fraction of sp³-hybridized carbons (Fsp3) is 0.400. The Balaban J connectivity index is 1.31. The summed E-state index contributed by atoms with van der Waals surface area (Å²) in [4.78, 5) is 18.3. The zero-order valence-electron chi connectivity index (χ0n) is 18.3. The molecule has 0 unspecified atom stereocenters. The smallest absolute Gasteiger partial charge is 0.319 e. The van der Waals surface area contributed by atoms with E-state index in [0.717, 1.165) is 79.2 Å². The van der Waals surface area contributed by atoms with E-state index < -0.39 is 0 Å². The standard InChI is InChI=1S/C25H28ClFN4O/c1-28-12-14-30(25(28)32)15-13-29-10-8-21(9-11-29)31-17-23(18-2-5-20(27)6-3-18)22-7-4-19(26)16-24(22)31/h2-7,16-17,21H,8-15H2,1H3. The van der Waals surface area contributed by atoms with Crippen molar-refractivity contribution in [2.45, 2.75) is 18.9 Å². The van der Waals surface area contributed by atoms with Crippen LogP contribution in [-0.2, 0) is 0 Å². The van der Waals surface area contributed by atoms with Crippen molar-refractivity contribution in [3.05, 3.63) is 59.5 Å². The zero-order valence-corrected chi connectivity index (χ0v) is 19.1. The van der Waals surface area contributed by atoms with E-state index in [9.17, 15) is 9.18 Å². The van der Waals surface area contributed by atoms with Crippen molar-refractivity contribution >= 4 is 28.5 Å². The van der Waals surface area contributed by atoms with Gasteiger partial charge in [-0.3, -0.25) is 0 Å². The molecule has 0 atom stereocenters. The van der Waals surface area contributed by atoms with Gasteiger partial charge in [0.05, 0.1) is 5.52 Å². The van der Waals surface area contributed by atoms with Crippen molar-refractivity contribution in [1.29, 1.82) is 0 Å². The summed E-state index contributed by atoms with van der Waals surface area (Å²) in [5.74, 6) is -0.227. The minimum atomic E-state index is -0.227. The number of carbonyl (C=O) groups is 1. The predicted octanol–water partition coefficient (Wildman–Crippen LogP) is 5.11. The third-order valence-electron chi connectivity index (χ3n) is 6.89. The molecule has 2 amide bonds. The molecule has 0 radical (unpaired) electrons. The number of amides is 2. The summed E-state index contributed by atoms with van der Waals surface area (Å²) < 4.78 is 15.8. The summed E-state index contributed by atoms with van der Waals surface area (Å²) >= 11 is 6.35. The second-order valence-corrected chi connectivity index (χ2v) is 9.32. The maximum atomic E-state index is 13.5. The second-order valence-electron chi connectivity index (χ2n) is 8.88. The number of likely N-dealkylation sites (tertiary alicyclic amines) is 1. The number of nitrogens with zero attached hydrogens (tertiary/aromatic N) is 4. The van der Waals surface area contributed by atoms with Crippen molar-refractivity contribution in [3.63, 3.8) is 0 Å². The van der Waals surface area contributed by atoms with Gasteiger partial charge in [0.1, 0.15) is 5.82 Å². The quantitative estimate of drug-likeness (QED) is 0.536. The minimum Gasteiger partial charge on any atom is -0.344 e. The number of aromatic nitrogens is 1. The molecule has 0 aliphatic carbocycles. The molecule has 5 rings (SSSR count). The van der Waals surface area contributed by atoms with Gasteiger partial charge in [-0.25, -0.2) is 9.18 Å². The molecule has 3 aromatic rings. The minimum absolute atomic E-state index is 0.142. The van der Waals surface area contributed by atoms with Crippen LogP contribution in [0.25, 0.3) is 22.0 Å². The van der Waals surface area contributed by atoms with Crippen molar-refractivity contribution in [2.24, 2.45) is 0 Å². The molecular weight excluding hydrogens is 427 g/mol. The first-order valence-electron chi connectivity index (χ1n) is 11.3. The van der Waals surface area contributed by atoms with E-state index in [1.54, 1.807) is 4.90 Å². The Morgan fingerprint density at radius 3 is 2.44 bits per heavy atom. The van der Waals surface area contributed by atoms with Crippen LogP contribution in [0.5, 0.6) is 0 Å². The number of hydrogen-bond acceptors (Lipinski definition) is 2. The lowest BCUT2D eigenvalue weighted by atomic mass is 10.0. The molecule has 0 bridgehead atoms. The summed E-state index contributed by atoms with van der Waals surface area (Å²) in [6, 6.07) is 13.2. The highest BCUT2D eigenvalue weighted by molar-refractivity contribution is 6.31. The lowest BCUT2D eigenvalue weighted by Gasteiger charge is -2.34. The number of likely N-dealkylation sites (N-methyl/N-ethyl adjacent to an activating group) is 1. The van der Waals surface area contributed by atoms with Crippen molar-refractivity contribution in [2.75, 3.05) is 46.3 Å². The maximum Gasteiger partial charge on any atom is 0.319 e. The Morgan fingerprint density at radius 2 is 1.75 bits per heavy atom. The number of hydrogen-bond donors (Lipinski definition) is 0. The van der Waals surface area contributed by atoms with Crippen LogP contribution in [0.4, 0.5) is 9.18 Å². The Bertz CT molecular complexity index is 1120. The highest BCUT2D eigenvalue weighted by atomic mass is 35.5. The first kappa shape index (κ1) is 21.3. The molecule has 2 fully saturated rings. The van der Waals surface area contributed by atoms with Crippen LogP contribution < -0.4 is 0 Å². The molecule has 0 spiro atoms. The van der Waals surface area contributed by atoms with Gasteiger partial charge in [-0.2, -0.15) is 0 Å². The number of piperidine rings is 1. The summed E-state index contributed by atoms with van der Waals surface area (Å²) in [7, 11) is 1.86. The average molecular weight is 455 g/mol. The molecule has 0 saturated carbocycles. The second kappa shape index (κ2) is 8.75. The van der Waals surface area contributed by atoms with E-state index in [1.807, 2.05) is 36.2 Å². The van der Waals surface area contributed by atoms with Gasteiger partial charge >= 0.3 is 6.03 Å². The zero-order chi connectivity index (χ0) is 22.2. The molecule has 3 heterocycles. The van der Waals surface area contributed by atoms with Crippen LogP contribution in [0.3, 0.4) is 0 Å². The SMILES string of the molecule is CN1CCN(CCN2CCC(n3cc(-c4ccc(F)cc4)c4ccc(Cl)cc43)CC2)C1=O. The van der Waals surface area contributed by atoms with Crippen LogP contribution >= 0.6 is 11.6 Å². The topological polar surface area (TPSA) is 31.7 Å². The van der Waals surface area contributed by atoms with Gasteiger partial charge in [0.25, 0.3) is 0 Å². The van der Waals surface area contributed by atoms with Crippen LogP contribution in [0.2, 0.25) is 5.02 Å². The maximum absolute atomic E-state index is 13.5. The molecule has 2 saturated heterocycles. The lowest BCUT2D eigenvalue weighted by Crippen LogP contribution is -2.41. The number of fused-ring (bicyclic) bond motifs is 1. The van der Waals surface area contributed by atoms with E-state index in [1.165, 1.54) is 12.1 Å². The molecule has 168 valence electrons. The average Bonchev–Trinajstić information content (AvgIpc) is 3.33. The molecule has 5 nitrogen and oxygen atoms in total. The van der Waals surface area contributed by atoms with E-state index in [-0.39, 0.29) is 11.8 Å². The van der Waals surface area contributed by atoms with E-state index in [0.29, 0.717) is 6.04 Å². The van der Waals surface area contributed by atoms with Gasteiger partial charge in [0.15, 0.2) is 0 Å². The van der Waals surface area contributed by atoms with E-state index in [4.69, 9.17) is 11.6 Å². The molecular formula is C25H28ClFN4O. The lowest BCUT2D eigenvalue weighted by molar-refractivity contribution is 0.163.